The summed E-state index contributed by atoms with van der Waals surface area (Å²) >= 11 is 0.787. The minimum atomic E-state index is -2.80. The Labute approximate surface area is 106 Å². The number of rotatable bonds is 3. The number of benzene rings is 1. The predicted octanol–water partition coefficient (Wildman–Crippen LogP) is 3.20. The number of halogens is 2. The number of thiazole rings is 1. The molecule has 0 saturated carbocycles. The second-order valence-corrected chi connectivity index (χ2v) is 4.79. The Hall–Kier alpha value is -1.82. The molecule has 18 heavy (non-hydrogen) atoms. The van der Waals surface area contributed by atoms with Crippen LogP contribution in [0.25, 0.3) is 0 Å². The number of aryl methyl sites for hydroxylation is 1. The van der Waals surface area contributed by atoms with E-state index in [1.54, 1.807) is 24.3 Å². The van der Waals surface area contributed by atoms with Crippen LogP contribution in [0.15, 0.2) is 24.3 Å². The molecule has 2 N–H and O–H groups in total. The van der Waals surface area contributed by atoms with E-state index >= 15 is 0 Å². The van der Waals surface area contributed by atoms with Gasteiger partial charge in [0.25, 0.3) is 6.43 Å². The van der Waals surface area contributed by atoms with Crippen molar-refractivity contribution >= 4 is 22.3 Å². The quantitative estimate of drug-likeness (QED) is 0.870. The number of ketones is 1. The normalized spacial score (nSPS) is 10.9. The van der Waals surface area contributed by atoms with Crippen LogP contribution in [-0.4, -0.2) is 10.8 Å². The van der Waals surface area contributed by atoms with Gasteiger partial charge in [0.2, 0.25) is 5.78 Å². The second-order valence-electron chi connectivity index (χ2n) is 3.76. The number of anilines is 1. The predicted molar refractivity (Wildman–Crippen MR) is 66.1 cm³/mol. The van der Waals surface area contributed by atoms with E-state index in [0.717, 1.165) is 16.9 Å². The molecule has 1 heterocycles. The molecule has 0 fully saturated rings. The zero-order valence-corrected chi connectivity index (χ0v) is 10.3. The average molecular weight is 268 g/mol. The highest BCUT2D eigenvalue weighted by atomic mass is 32.1. The number of alkyl halides is 2. The molecule has 2 rings (SSSR count). The molecule has 0 aliphatic heterocycles. The molecule has 2 aromatic rings. The van der Waals surface area contributed by atoms with E-state index < -0.39 is 17.9 Å². The Balaban J connectivity index is 2.42. The monoisotopic (exact) mass is 268 g/mol. The third-order valence-electron chi connectivity index (χ3n) is 2.40. The van der Waals surface area contributed by atoms with Crippen LogP contribution in [-0.2, 0) is 0 Å². The number of hydrogen-bond donors (Lipinski definition) is 1. The Kier molecular flexibility index (Phi) is 3.38. The summed E-state index contributed by atoms with van der Waals surface area (Å²) in [5, 5.41) is -0.0271. The lowest BCUT2D eigenvalue weighted by atomic mass is 10.1. The van der Waals surface area contributed by atoms with Gasteiger partial charge in [0.15, 0.2) is 5.13 Å². The molecule has 1 aromatic heterocycles. The molecule has 6 heteroatoms. The maximum absolute atomic E-state index is 12.7. The van der Waals surface area contributed by atoms with Crippen molar-refractivity contribution in [3.8, 4) is 0 Å². The lowest BCUT2D eigenvalue weighted by Gasteiger charge is -2.01. The van der Waals surface area contributed by atoms with E-state index in [1.807, 2.05) is 6.92 Å². The molecule has 0 aliphatic rings. The fourth-order valence-electron chi connectivity index (χ4n) is 1.50. The van der Waals surface area contributed by atoms with Crippen LogP contribution in [0.4, 0.5) is 13.9 Å². The molecular formula is C12H10F2N2OS. The number of hydrogen-bond acceptors (Lipinski definition) is 4. The largest absolute Gasteiger partial charge is 0.375 e. The Bertz CT molecular complexity index is 578. The highest BCUT2D eigenvalue weighted by molar-refractivity contribution is 7.17. The maximum Gasteiger partial charge on any atom is 0.282 e. The SMILES string of the molecule is Cc1ccc(C(=O)c2sc(N)nc2C(F)F)cc1. The molecular weight excluding hydrogens is 258 g/mol. The summed E-state index contributed by atoms with van der Waals surface area (Å²) in [7, 11) is 0. The van der Waals surface area contributed by atoms with Crippen LogP contribution in [0, 0.1) is 6.92 Å². The van der Waals surface area contributed by atoms with Crippen LogP contribution in [0.1, 0.15) is 32.9 Å². The van der Waals surface area contributed by atoms with Crippen LogP contribution >= 0.6 is 11.3 Å². The first-order chi connectivity index (χ1) is 8.49. The first kappa shape index (κ1) is 12.6. The van der Waals surface area contributed by atoms with Gasteiger partial charge in [-0.1, -0.05) is 41.2 Å². The first-order valence-corrected chi connectivity index (χ1v) is 5.96. The van der Waals surface area contributed by atoms with E-state index in [4.69, 9.17) is 5.73 Å². The number of carbonyl (C=O) groups is 1. The van der Waals surface area contributed by atoms with Gasteiger partial charge in [-0.25, -0.2) is 13.8 Å². The van der Waals surface area contributed by atoms with E-state index in [9.17, 15) is 13.6 Å². The van der Waals surface area contributed by atoms with Gasteiger partial charge >= 0.3 is 0 Å². The van der Waals surface area contributed by atoms with Gasteiger partial charge in [0, 0.05) is 5.56 Å². The summed E-state index contributed by atoms with van der Waals surface area (Å²) < 4.78 is 25.4. The smallest absolute Gasteiger partial charge is 0.282 e. The van der Waals surface area contributed by atoms with Gasteiger partial charge in [0.05, 0.1) is 0 Å². The maximum atomic E-state index is 12.7. The summed E-state index contributed by atoms with van der Waals surface area (Å²) in [5.74, 6) is -0.473. The molecule has 94 valence electrons. The summed E-state index contributed by atoms with van der Waals surface area (Å²) in [5.41, 5.74) is 6.18. The van der Waals surface area contributed by atoms with Crippen LogP contribution in [0.5, 0.6) is 0 Å². The van der Waals surface area contributed by atoms with Gasteiger partial charge in [-0.2, -0.15) is 0 Å². The molecule has 0 unspecified atom stereocenters. The Morgan fingerprint density at radius 2 is 1.94 bits per heavy atom. The van der Waals surface area contributed by atoms with Crippen LogP contribution in [0.2, 0.25) is 0 Å². The zero-order chi connectivity index (χ0) is 13.3. The Morgan fingerprint density at radius 3 is 2.50 bits per heavy atom. The minimum absolute atomic E-state index is 0.0271. The third-order valence-corrected chi connectivity index (χ3v) is 3.30. The van der Waals surface area contributed by atoms with Crippen molar-refractivity contribution in [2.45, 2.75) is 13.3 Å². The zero-order valence-electron chi connectivity index (χ0n) is 9.48. The molecule has 0 atom stereocenters. The molecule has 1 aromatic carbocycles. The van der Waals surface area contributed by atoms with E-state index in [0.29, 0.717) is 5.56 Å². The highest BCUT2D eigenvalue weighted by Gasteiger charge is 2.24. The van der Waals surface area contributed by atoms with Gasteiger partial charge in [-0.05, 0) is 6.92 Å². The average Bonchev–Trinajstić information content (AvgIpc) is 2.71. The molecule has 0 aliphatic carbocycles. The summed E-state index contributed by atoms with van der Waals surface area (Å²) in [6.07, 6.45) is -2.80. The fraction of sp³-hybridized carbons (Fsp3) is 0.167. The summed E-state index contributed by atoms with van der Waals surface area (Å²) in [4.78, 5) is 15.5. The van der Waals surface area contributed by atoms with Gasteiger partial charge in [-0.3, -0.25) is 4.79 Å². The topological polar surface area (TPSA) is 56.0 Å². The number of nitrogens with two attached hydrogens (primary N) is 1. The van der Waals surface area contributed by atoms with Crippen molar-refractivity contribution in [3.05, 3.63) is 46.0 Å². The van der Waals surface area contributed by atoms with Crippen LogP contribution in [0.3, 0.4) is 0 Å². The molecule has 0 amide bonds. The second kappa shape index (κ2) is 4.81. The van der Waals surface area contributed by atoms with Crippen molar-refractivity contribution in [1.82, 2.24) is 4.98 Å². The first-order valence-electron chi connectivity index (χ1n) is 5.14. The van der Waals surface area contributed by atoms with E-state index in [1.165, 1.54) is 0 Å². The number of nitrogen functional groups attached to an aromatic ring is 1. The lowest BCUT2D eigenvalue weighted by molar-refractivity contribution is 0.102. The Morgan fingerprint density at radius 1 is 1.33 bits per heavy atom. The van der Waals surface area contributed by atoms with Gasteiger partial charge in [0.1, 0.15) is 10.6 Å². The highest BCUT2D eigenvalue weighted by Crippen LogP contribution is 2.30. The van der Waals surface area contributed by atoms with Crippen molar-refractivity contribution in [2.24, 2.45) is 0 Å². The van der Waals surface area contributed by atoms with Crippen molar-refractivity contribution in [2.75, 3.05) is 5.73 Å². The van der Waals surface area contributed by atoms with Gasteiger partial charge < -0.3 is 5.73 Å². The van der Waals surface area contributed by atoms with Crippen LogP contribution < -0.4 is 5.73 Å². The summed E-state index contributed by atoms with van der Waals surface area (Å²) in [6.45, 7) is 1.88. The standard InChI is InChI=1S/C12H10F2N2OS/c1-6-2-4-7(5-3-6)9(17)10-8(11(13)14)16-12(15)18-10/h2-5,11H,1H3,(H2,15,16). The molecule has 0 radical (unpaired) electrons. The molecule has 3 nitrogen and oxygen atoms in total. The van der Waals surface area contributed by atoms with Crippen molar-refractivity contribution in [3.63, 3.8) is 0 Å². The number of aromatic nitrogens is 1. The minimum Gasteiger partial charge on any atom is -0.375 e. The van der Waals surface area contributed by atoms with Crippen molar-refractivity contribution in [1.29, 1.82) is 0 Å². The number of carbonyl (C=O) groups excluding carboxylic acids is 1. The van der Waals surface area contributed by atoms with Crippen molar-refractivity contribution < 1.29 is 13.6 Å². The van der Waals surface area contributed by atoms with Gasteiger partial charge in [-0.15, -0.1) is 0 Å². The summed E-state index contributed by atoms with van der Waals surface area (Å²) in [6, 6.07) is 6.70. The fourth-order valence-corrected chi connectivity index (χ4v) is 2.30. The number of nitrogens with zero attached hydrogens (tertiary/aromatic N) is 1. The lowest BCUT2D eigenvalue weighted by Crippen LogP contribution is -2.03. The van der Waals surface area contributed by atoms with E-state index in [2.05, 4.69) is 4.98 Å². The molecule has 0 saturated heterocycles. The molecule has 0 spiro atoms. The third kappa shape index (κ3) is 2.38. The molecule has 0 bridgehead atoms. The van der Waals surface area contributed by atoms with E-state index in [-0.39, 0.29) is 10.0 Å².